The Hall–Kier alpha value is -4.06. The quantitative estimate of drug-likeness (QED) is 0.226. The van der Waals surface area contributed by atoms with Gasteiger partial charge in [-0.1, -0.05) is 55.2 Å². The second-order valence-corrected chi connectivity index (χ2v) is 9.59. The third kappa shape index (κ3) is 8.21. The molecular formula is C29H28Cl2N4O4. The van der Waals surface area contributed by atoms with Crippen molar-refractivity contribution in [2.24, 2.45) is 11.0 Å². The number of hydrazone groups is 1. The molecule has 0 aliphatic carbocycles. The van der Waals surface area contributed by atoms with Crippen molar-refractivity contribution in [3.8, 4) is 17.6 Å². The van der Waals surface area contributed by atoms with E-state index in [0.717, 1.165) is 5.56 Å². The van der Waals surface area contributed by atoms with Gasteiger partial charge in [-0.3, -0.25) is 9.59 Å². The van der Waals surface area contributed by atoms with Crippen LogP contribution in [0.5, 0.6) is 11.5 Å². The van der Waals surface area contributed by atoms with E-state index in [-0.39, 0.29) is 23.1 Å². The van der Waals surface area contributed by atoms with Crippen LogP contribution < -0.4 is 20.2 Å². The van der Waals surface area contributed by atoms with E-state index in [1.807, 2.05) is 19.1 Å². The number of ether oxygens (including phenoxy) is 2. The van der Waals surface area contributed by atoms with Crippen molar-refractivity contribution in [3.63, 3.8) is 0 Å². The van der Waals surface area contributed by atoms with Crippen LogP contribution in [-0.4, -0.2) is 30.7 Å². The Morgan fingerprint density at radius 3 is 2.51 bits per heavy atom. The molecule has 0 bridgehead atoms. The number of rotatable bonds is 11. The predicted octanol–water partition coefficient (Wildman–Crippen LogP) is 5.75. The van der Waals surface area contributed by atoms with Crippen LogP contribution in [0.2, 0.25) is 10.0 Å². The summed E-state index contributed by atoms with van der Waals surface area (Å²) in [6, 6.07) is 18.2. The molecule has 0 saturated heterocycles. The van der Waals surface area contributed by atoms with Crippen LogP contribution >= 0.6 is 23.2 Å². The van der Waals surface area contributed by atoms with Crippen LogP contribution in [0.4, 0.5) is 0 Å². The van der Waals surface area contributed by atoms with Crippen LogP contribution in [-0.2, 0) is 11.4 Å². The summed E-state index contributed by atoms with van der Waals surface area (Å²) >= 11 is 12.0. The van der Waals surface area contributed by atoms with Gasteiger partial charge in [0, 0.05) is 10.6 Å². The molecule has 3 aromatic rings. The van der Waals surface area contributed by atoms with Crippen LogP contribution in [0.1, 0.15) is 47.8 Å². The first-order valence-electron chi connectivity index (χ1n) is 12.2. The molecule has 0 spiro atoms. The Labute approximate surface area is 237 Å². The number of hydrogen-bond donors (Lipinski definition) is 2. The van der Waals surface area contributed by atoms with Gasteiger partial charge in [-0.15, -0.1) is 0 Å². The van der Waals surface area contributed by atoms with Crippen molar-refractivity contribution in [1.82, 2.24) is 10.7 Å². The summed E-state index contributed by atoms with van der Waals surface area (Å²) in [6.45, 7) is 6.08. The van der Waals surface area contributed by atoms with E-state index in [1.54, 1.807) is 50.2 Å². The van der Waals surface area contributed by atoms with Crippen molar-refractivity contribution < 1.29 is 19.1 Å². The van der Waals surface area contributed by atoms with E-state index in [2.05, 4.69) is 21.9 Å². The highest BCUT2D eigenvalue weighted by Gasteiger charge is 2.25. The van der Waals surface area contributed by atoms with Crippen molar-refractivity contribution in [2.75, 3.05) is 6.61 Å². The maximum atomic E-state index is 12.8. The summed E-state index contributed by atoms with van der Waals surface area (Å²) in [5.41, 5.74) is 4.65. The predicted molar refractivity (Wildman–Crippen MR) is 151 cm³/mol. The zero-order valence-corrected chi connectivity index (χ0v) is 23.2. The molecule has 0 aliphatic rings. The highest BCUT2D eigenvalue weighted by atomic mass is 35.5. The number of nitrogens with zero attached hydrogens (tertiary/aromatic N) is 2. The van der Waals surface area contributed by atoms with E-state index in [4.69, 9.17) is 32.7 Å². The SMILES string of the molecule is CCOc1cc(C=NNC(=O)C(NC(=O)c2ccc(Cl)cc2Cl)C(C)C)ccc1OCc1ccccc1C#N. The first-order chi connectivity index (χ1) is 18.7. The minimum atomic E-state index is -0.854. The van der Waals surface area contributed by atoms with Crippen molar-refractivity contribution >= 4 is 41.2 Å². The lowest BCUT2D eigenvalue weighted by atomic mass is 10.0. The van der Waals surface area contributed by atoms with Crippen molar-refractivity contribution in [3.05, 3.63) is 93.0 Å². The highest BCUT2D eigenvalue weighted by molar-refractivity contribution is 6.36. The van der Waals surface area contributed by atoms with Gasteiger partial charge in [-0.2, -0.15) is 10.4 Å². The Morgan fingerprint density at radius 2 is 1.82 bits per heavy atom. The first-order valence-corrected chi connectivity index (χ1v) is 13.0. The zero-order chi connectivity index (χ0) is 28.4. The van der Waals surface area contributed by atoms with Gasteiger partial charge >= 0.3 is 0 Å². The molecule has 2 amide bonds. The molecule has 1 atom stereocenters. The Morgan fingerprint density at radius 1 is 1.05 bits per heavy atom. The maximum absolute atomic E-state index is 12.8. The molecule has 0 heterocycles. The van der Waals surface area contributed by atoms with E-state index in [0.29, 0.717) is 34.3 Å². The first kappa shape index (κ1) is 29.5. The van der Waals surface area contributed by atoms with Crippen LogP contribution in [0.25, 0.3) is 0 Å². The number of halogens is 2. The molecule has 0 saturated carbocycles. The fourth-order valence-electron chi connectivity index (χ4n) is 3.57. The fraction of sp³-hybridized carbons (Fsp3) is 0.241. The van der Waals surface area contributed by atoms with Crippen molar-refractivity contribution in [2.45, 2.75) is 33.4 Å². The van der Waals surface area contributed by atoms with Gasteiger partial charge in [0.25, 0.3) is 11.8 Å². The van der Waals surface area contributed by atoms with Gasteiger partial charge < -0.3 is 14.8 Å². The lowest BCUT2D eigenvalue weighted by Crippen LogP contribution is -2.48. The number of nitrogens with one attached hydrogen (secondary N) is 2. The molecule has 0 radical (unpaired) electrons. The summed E-state index contributed by atoms with van der Waals surface area (Å²) < 4.78 is 11.6. The Kier molecular flexibility index (Phi) is 10.7. The topological polar surface area (TPSA) is 113 Å². The van der Waals surface area contributed by atoms with Crippen molar-refractivity contribution in [1.29, 1.82) is 5.26 Å². The molecule has 3 rings (SSSR count). The number of hydrogen-bond acceptors (Lipinski definition) is 6. The normalized spacial score (nSPS) is 11.6. The average Bonchev–Trinajstić information content (AvgIpc) is 2.91. The van der Waals surface area contributed by atoms with Crippen LogP contribution in [0.3, 0.4) is 0 Å². The number of benzene rings is 3. The van der Waals surface area contributed by atoms with Crippen LogP contribution in [0, 0.1) is 17.2 Å². The molecule has 0 fully saturated rings. The smallest absolute Gasteiger partial charge is 0.262 e. The number of carbonyl (C=O) groups is 2. The minimum Gasteiger partial charge on any atom is -0.490 e. The van der Waals surface area contributed by atoms with Gasteiger partial charge in [0.15, 0.2) is 11.5 Å². The molecule has 0 aliphatic heterocycles. The molecular weight excluding hydrogens is 539 g/mol. The molecule has 1 unspecified atom stereocenters. The fourth-order valence-corrected chi connectivity index (χ4v) is 4.07. The third-order valence-corrected chi connectivity index (χ3v) is 6.14. The molecule has 39 heavy (non-hydrogen) atoms. The second kappa shape index (κ2) is 14.2. The molecule has 10 heteroatoms. The molecule has 3 aromatic carbocycles. The Bertz CT molecular complexity index is 1400. The largest absolute Gasteiger partial charge is 0.490 e. The van der Waals surface area contributed by atoms with E-state index in [1.165, 1.54) is 18.3 Å². The molecule has 2 N–H and O–H groups in total. The maximum Gasteiger partial charge on any atom is 0.262 e. The Balaban J connectivity index is 1.66. The summed E-state index contributed by atoms with van der Waals surface area (Å²) in [6.07, 6.45) is 1.46. The van der Waals surface area contributed by atoms with Gasteiger partial charge in [-0.25, -0.2) is 5.43 Å². The summed E-state index contributed by atoms with van der Waals surface area (Å²) in [5, 5.41) is 16.6. The van der Waals surface area contributed by atoms with Gasteiger partial charge in [0.2, 0.25) is 0 Å². The summed E-state index contributed by atoms with van der Waals surface area (Å²) in [4.78, 5) is 25.5. The van der Waals surface area contributed by atoms with E-state index < -0.39 is 17.9 Å². The van der Waals surface area contributed by atoms with Gasteiger partial charge in [-0.05, 0) is 60.9 Å². The number of nitriles is 1. The van der Waals surface area contributed by atoms with E-state index >= 15 is 0 Å². The molecule has 8 nitrogen and oxygen atoms in total. The lowest BCUT2D eigenvalue weighted by Gasteiger charge is -2.20. The third-order valence-electron chi connectivity index (χ3n) is 5.59. The van der Waals surface area contributed by atoms with Crippen LogP contribution in [0.15, 0.2) is 65.8 Å². The monoisotopic (exact) mass is 566 g/mol. The second-order valence-electron chi connectivity index (χ2n) is 8.75. The average molecular weight is 567 g/mol. The van der Waals surface area contributed by atoms with Gasteiger partial charge in [0.1, 0.15) is 12.6 Å². The standard InChI is InChI=1S/C29H28Cl2N4O4/c1-4-38-26-13-19(9-12-25(26)39-17-21-8-6-5-7-20(21)15-32)16-33-35-29(37)27(18(2)3)34-28(36)23-11-10-22(30)14-24(23)31/h5-14,16,18,27H,4,17H2,1-3H3,(H,34,36)(H,35,37). The van der Waals surface area contributed by atoms with E-state index in [9.17, 15) is 14.9 Å². The zero-order valence-electron chi connectivity index (χ0n) is 21.7. The summed E-state index contributed by atoms with van der Waals surface area (Å²) in [5.74, 6) is -0.198. The summed E-state index contributed by atoms with van der Waals surface area (Å²) in [7, 11) is 0. The highest BCUT2D eigenvalue weighted by Crippen LogP contribution is 2.29. The minimum absolute atomic E-state index is 0.188. The number of carbonyl (C=O) groups excluding carboxylic acids is 2. The van der Waals surface area contributed by atoms with Gasteiger partial charge in [0.05, 0.1) is 35.0 Å². The number of amides is 2. The molecule has 202 valence electrons. The lowest BCUT2D eigenvalue weighted by molar-refractivity contribution is -0.123. The molecule has 0 aromatic heterocycles.